The molecule has 0 aromatic heterocycles. The van der Waals surface area contributed by atoms with Crippen molar-refractivity contribution >= 4 is 27.5 Å². The zero-order valence-electron chi connectivity index (χ0n) is 7.57. The molecular weight excluding hydrogens is 246 g/mol. The molecule has 0 N–H and O–H groups in total. The standard InChI is InChI=1S/C10H10BrNO2/c11-8-3-1-4-9(7-8)12-10(13)5-2-6-14-12/h1,3-4,7H,2,5-6H2. The van der Waals surface area contributed by atoms with Gasteiger partial charge in [0.2, 0.25) is 0 Å². The average molecular weight is 256 g/mol. The van der Waals surface area contributed by atoms with Crippen LogP contribution in [0.25, 0.3) is 0 Å². The molecule has 1 fully saturated rings. The van der Waals surface area contributed by atoms with Gasteiger partial charge >= 0.3 is 0 Å². The third-order valence-corrected chi connectivity index (χ3v) is 2.52. The molecule has 14 heavy (non-hydrogen) atoms. The number of benzene rings is 1. The first-order chi connectivity index (χ1) is 6.77. The summed E-state index contributed by atoms with van der Waals surface area (Å²) in [5.41, 5.74) is 0.782. The van der Waals surface area contributed by atoms with Gasteiger partial charge < -0.3 is 0 Å². The number of hydroxylamine groups is 1. The van der Waals surface area contributed by atoms with E-state index in [1.807, 2.05) is 24.3 Å². The molecule has 1 heterocycles. The maximum atomic E-state index is 11.5. The summed E-state index contributed by atoms with van der Waals surface area (Å²) < 4.78 is 0.942. The smallest absolute Gasteiger partial charge is 0.250 e. The fraction of sp³-hybridized carbons (Fsp3) is 0.300. The Morgan fingerprint density at radius 1 is 1.43 bits per heavy atom. The van der Waals surface area contributed by atoms with Gasteiger partial charge in [0.15, 0.2) is 0 Å². The summed E-state index contributed by atoms with van der Waals surface area (Å²) in [6.45, 7) is 0.609. The lowest BCUT2D eigenvalue weighted by Crippen LogP contribution is -2.35. The normalized spacial score (nSPS) is 17.2. The average Bonchev–Trinajstić information content (AvgIpc) is 2.18. The van der Waals surface area contributed by atoms with Crippen LogP contribution in [-0.2, 0) is 9.63 Å². The van der Waals surface area contributed by atoms with Gasteiger partial charge in [-0.1, -0.05) is 22.0 Å². The Bertz CT molecular complexity index is 354. The molecular formula is C10H10BrNO2. The van der Waals surface area contributed by atoms with Gasteiger partial charge in [0.1, 0.15) is 0 Å². The van der Waals surface area contributed by atoms with Gasteiger partial charge in [-0.05, 0) is 24.6 Å². The van der Waals surface area contributed by atoms with Crippen LogP contribution in [0.5, 0.6) is 0 Å². The van der Waals surface area contributed by atoms with Gasteiger partial charge in [-0.2, -0.15) is 5.06 Å². The van der Waals surface area contributed by atoms with Crippen LogP contribution in [0, 0.1) is 0 Å². The zero-order chi connectivity index (χ0) is 9.97. The van der Waals surface area contributed by atoms with Crippen molar-refractivity contribution in [3.8, 4) is 0 Å². The highest BCUT2D eigenvalue weighted by molar-refractivity contribution is 9.10. The molecule has 1 aromatic rings. The third kappa shape index (κ3) is 1.96. The van der Waals surface area contributed by atoms with Crippen LogP contribution in [-0.4, -0.2) is 12.5 Å². The van der Waals surface area contributed by atoms with Crippen LogP contribution in [0.3, 0.4) is 0 Å². The van der Waals surface area contributed by atoms with Gasteiger partial charge in [-0.25, -0.2) is 0 Å². The number of amides is 1. The molecule has 1 aromatic carbocycles. The molecule has 1 amide bonds. The van der Waals surface area contributed by atoms with Gasteiger partial charge in [0.05, 0.1) is 12.3 Å². The Morgan fingerprint density at radius 2 is 2.29 bits per heavy atom. The highest BCUT2D eigenvalue weighted by Crippen LogP contribution is 2.23. The largest absolute Gasteiger partial charge is 0.272 e. The van der Waals surface area contributed by atoms with Gasteiger partial charge in [-0.3, -0.25) is 9.63 Å². The molecule has 1 aliphatic rings. The van der Waals surface area contributed by atoms with Gasteiger partial charge in [0.25, 0.3) is 5.91 Å². The first-order valence-electron chi connectivity index (χ1n) is 4.49. The summed E-state index contributed by atoms with van der Waals surface area (Å²) in [4.78, 5) is 16.8. The molecule has 0 saturated carbocycles. The van der Waals surface area contributed by atoms with E-state index in [1.54, 1.807) is 0 Å². The van der Waals surface area contributed by atoms with Crippen molar-refractivity contribution in [2.75, 3.05) is 11.7 Å². The first-order valence-corrected chi connectivity index (χ1v) is 5.28. The summed E-state index contributed by atoms with van der Waals surface area (Å²) >= 11 is 3.36. The number of hydrogen-bond acceptors (Lipinski definition) is 2. The van der Waals surface area contributed by atoms with Crippen molar-refractivity contribution in [2.45, 2.75) is 12.8 Å². The van der Waals surface area contributed by atoms with E-state index in [0.29, 0.717) is 13.0 Å². The fourth-order valence-electron chi connectivity index (χ4n) is 1.37. The minimum Gasteiger partial charge on any atom is -0.272 e. The van der Waals surface area contributed by atoms with Crippen molar-refractivity contribution in [2.24, 2.45) is 0 Å². The van der Waals surface area contributed by atoms with E-state index in [9.17, 15) is 4.79 Å². The summed E-state index contributed by atoms with van der Waals surface area (Å²) in [6.07, 6.45) is 1.37. The van der Waals surface area contributed by atoms with Crippen LogP contribution < -0.4 is 5.06 Å². The molecule has 0 radical (unpaired) electrons. The van der Waals surface area contributed by atoms with Crippen molar-refractivity contribution in [3.05, 3.63) is 28.7 Å². The van der Waals surface area contributed by atoms with Crippen molar-refractivity contribution in [3.63, 3.8) is 0 Å². The molecule has 0 spiro atoms. The molecule has 4 heteroatoms. The van der Waals surface area contributed by atoms with E-state index < -0.39 is 0 Å². The maximum Gasteiger partial charge on any atom is 0.250 e. The number of nitrogens with zero attached hydrogens (tertiary/aromatic N) is 1. The molecule has 2 rings (SSSR count). The van der Waals surface area contributed by atoms with Gasteiger partial charge in [-0.15, -0.1) is 0 Å². The lowest BCUT2D eigenvalue weighted by Gasteiger charge is -2.25. The SMILES string of the molecule is O=C1CCCON1c1cccc(Br)c1. The quantitative estimate of drug-likeness (QED) is 0.772. The van der Waals surface area contributed by atoms with E-state index in [1.165, 1.54) is 5.06 Å². The van der Waals surface area contributed by atoms with E-state index in [2.05, 4.69) is 15.9 Å². The highest BCUT2D eigenvalue weighted by atomic mass is 79.9. The number of halogens is 1. The predicted octanol–water partition coefficient (Wildman–Crippen LogP) is 2.51. The van der Waals surface area contributed by atoms with Crippen LogP contribution >= 0.6 is 15.9 Å². The van der Waals surface area contributed by atoms with Crippen LogP contribution in [0.4, 0.5) is 5.69 Å². The second kappa shape index (κ2) is 4.11. The Balaban J connectivity index is 2.24. The highest BCUT2D eigenvalue weighted by Gasteiger charge is 2.20. The summed E-state index contributed by atoms with van der Waals surface area (Å²) in [6, 6.07) is 7.51. The van der Waals surface area contributed by atoms with Gasteiger partial charge in [0, 0.05) is 10.9 Å². The molecule has 0 aliphatic carbocycles. The van der Waals surface area contributed by atoms with Crippen LogP contribution in [0.2, 0.25) is 0 Å². The molecule has 0 bridgehead atoms. The number of hydrogen-bond donors (Lipinski definition) is 0. The van der Waals surface area contributed by atoms with Crippen molar-refractivity contribution in [1.29, 1.82) is 0 Å². The minimum absolute atomic E-state index is 0.0225. The van der Waals surface area contributed by atoms with E-state index in [4.69, 9.17) is 4.84 Å². The number of rotatable bonds is 1. The minimum atomic E-state index is 0.0225. The summed E-state index contributed by atoms with van der Waals surface area (Å²) in [5.74, 6) is 0.0225. The number of anilines is 1. The van der Waals surface area contributed by atoms with Crippen molar-refractivity contribution < 1.29 is 9.63 Å². The van der Waals surface area contributed by atoms with E-state index in [-0.39, 0.29) is 5.91 Å². The third-order valence-electron chi connectivity index (χ3n) is 2.02. The Kier molecular flexibility index (Phi) is 2.84. The molecule has 3 nitrogen and oxygen atoms in total. The molecule has 0 atom stereocenters. The second-order valence-corrected chi connectivity index (χ2v) is 4.02. The maximum absolute atomic E-state index is 11.5. The van der Waals surface area contributed by atoms with Crippen LogP contribution in [0.1, 0.15) is 12.8 Å². The second-order valence-electron chi connectivity index (χ2n) is 3.10. The van der Waals surface area contributed by atoms with E-state index in [0.717, 1.165) is 16.6 Å². The topological polar surface area (TPSA) is 29.5 Å². The first kappa shape index (κ1) is 9.68. The van der Waals surface area contributed by atoms with Crippen molar-refractivity contribution in [1.82, 2.24) is 0 Å². The molecule has 0 unspecified atom stereocenters. The van der Waals surface area contributed by atoms with Crippen LogP contribution in [0.15, 0.2) is 28.7 Å². The number of carbonyl (C=O) groups is 1. The fourth-order valence-corrected chi connectivity index (χ4v) is 1.76. The monoisotopic (exact) mass is 255 g/mol. The summed E-state index contributed by atoms with van der Waals surface area (Å²) in [5, 5.41) is 1.37. The predicted molar refractivity (Wildman–Crippen MR) is 56.8 cm³/mol. The zero-order valence-corrected chi connectivity index (χ0v) is 9.16. The Hall–Kier alpha value is -0.870. The Labute approximate surface area is 90.7 Å². The lowest BCUT2D eigenvalue weighted by atomic mass is 10.2. The molecule has 74 valence electrons. The number of carbonyl (C=O) groups excluding carboxylic acids is 1. The summed E-state index contributed by atoms with van der Waals surface area (Å²) in [7, 11) is 0. The lowest BCUT2D eigenvalue weighted by molar-refractivity contribution is -0.129. The molecule has 1 aliphatic heterocycles. The Morgan fingerprint density at radius 3 is 3.00 bits per heavy atom. The molecule has 1 saturated heterocycles. The van der Waals surface area contributed by atoms with E-state index >= 15 is 0 Å².